The number of amides is 1. The summed E-state index contributed by atoms with van der Waals surface area (Å²) in [7, 11) is 0. The fourth-order valence-electron chi connectivity index (χ4n) is 3.70. The molecular weight excluding hydrogens is 306 g/mol. The molecule has 0 saturated carbocycles. The van der Waals surface area contributed by atoms with Crippen molar-refractivity contribution < 1.29 is 4.79 Å². The summed E-state index contributed by atoms with van der Waals surface area (Å²) in [6, 6.07) is 28.7. The molecule has 0 saturated heterocycles. The zero-order valence-corrected chi connectivity index (χ0v) is 14.1. The average molecular weight is 327 g/mol. The minimum Gasteiger partial charge on any atom is -0.331 e. The third-order valence-corrected chi connectivity index (χ3v) is 4.97. The van der Waals surface area contributed by atoms with Crippen LogP contribution in [-0.4, -0.2) is 17.4 Å². The first-order valence-electron chi connectivity index (χ1n) is 8.80. The zero-order chi connectivity index (χ0) is 17.1. The molecule has 1 unspecified atom stereocenters. The van der Waals surface area contributed by atoms with E-state index in [2.05, 4.69) is 48.5 Å². The van der Waals surface area contributed by atoms with Crippen LogP contribution in [0.5, 0.6) is 0 Å². The van der Waals surface area contributed by atoms with E-state index in [1.54, 1.807) is 0 Å². The van der Waals surface area contributed by atoms with E-state index in [0.29, 0.717) is 0 Å². The number of carbonyl (C=O) groups excluding carboxylic acids is 1. The highest BCUT2D eigenvalue weighted by molar-refractivity contribution is 5.94. The summed E-state index contributed by atoms with van der Waals surface area (Å²) in [5.74, 6) is 0.121. The fraction of sp³-hybridized carbons (Fsp3) is 0.174. The molecule has 0 aliphatic carbocycles. The van der Waals surface area contributed by atoms with Crippen LogP contribution < -0.4 is 0 Å². The van der Waals surface area contributed by atoms with E-state index < -0.39 is 0 Å². The predicted molar refractivity (Wildman–Crippen MR) is 101 cm³/mol. The average Bonchev–Trinajstić information content (AvgIpc) is 2.69. The Kier molecular flexibility index (Phi) is 4.34. The smallest absolute Gasteiger partial charge is 0.254 e. The second-order valence-electron chi connectivity index (χ2n) is 6.52. The summed E-state index contributed by atoms with van der Waals surface area (Å²) < 4.78 is 0. The summed E-state index contributed by atoms with van der Waals surface area (Å²) in [5.41, 5.74) is 4.66. The van der Waals surface area contributed by atoms with Gasteiger partial charge >= 0.3 is 0 Å². The van der Waals surface area contributed by atoms with Gasteiger partial charge < -0.3 is 4.90 Å². The molecule has 4 rings (SSSR count). The molecule has 3 aromatic carbocycles. The van der Waals surface area contributed by atoms with Gasteiger partial charge in [-0.15, -0.1) is 0 Å². The normalized spacial score (nSPS) is 16.3. The van der Waals surface area contributed by atoms with Gasteiger partial charge in [-0.1, -0.05) is 72.8 Å². The first-order valence-corrected chi connectivity index (χ1v) is 8.80. The van der Waals surface area contributed by atoms with Gasteiger partial charge in [0.25, 0.3) is 5.91 Å². The van der Waals surface area contributed by atoms with E-state index in [0.717, 1.165) is 24.9 Å². The maximum Gasteiger partial charge on any atom is 0.254 e. The topological polar surface area (TPSA) is 20.3 Å². The predicted octanol–water partition coefficient (Wildman–Crippen LogP) is 4.67. The van der Waals surface area contributed by atoms with Crippen LogP contribution in [0.15, 0.2) is 84.9 Å². The molecule has 2 nitrogen and oxygen atoms in total. The SMILES string of the molecule is O=C(c1ccccc1)N1CCc2ccccc2C1Cc1ccccc1. The first kappa shape index (κ1) is 15.6. The van der Waals surface area contributed by atoms with Crippen LogP contribution in [0.3, 0.4) is 0 Å². The lowest BCUT2D eigenvalue weighted by Crippen LogP contribution is -2.41. The highest BCUT2D eigenvalue weighted by atomic mass is 16.2. The van der Waals surface area contributed by atoms with Crippen molar-refractivity contribution in [3.05, 3.63) is 107 Å². The summed E-state index contributed by atoms with van der Waals surface area (Å²) in [6.45, 7) is 0.766. The highest BCUT2D eigenvalue weighted by Crippen LogP contribution is 2.33. The molecule has 2 heteroatoms. The zero-order valence-electron chi connectivity index (χ0n) is 14.1. The number of nitrogens with zero attached hydrogens (tertiary/aromatic N) is 1. The van der Waals surface area contributed by atoms with Crippen molar-refractivity contribution in [3.63, 3.8) is 0 Å². The lowest BCUT2D eigenvalue weighted by atomic mass is 9.88. The van der Waals surface area contributed by atoms with Crippen LogP contribution in [-0.2, 0) is 12.8 Å². The van der Waals surface area contributed by atoms with Gasteiger partial charge in [0.2, 0.25) is 0 Å². The van der Waals surface area contributed by atoms with Gasteiger partial charge in [0.1, 0.15) is 0 Å². The van der Waals surface area contributed by atoms with Crippen LogP contribution in [0, 0.1) is 0 Å². The largest absolute Gasteiger partial charge is 0.331 e. The molecule has 3 aromatic rings. The van der Waals surface area contributed by atoms with Crippen molar-refractivity contribution in [2.75, 3.05) is 6.54 Å². The quantitative estimate of drug-likeness (QED) is 0.684. The summed E-state index contributed by atoms with van der Waals surface area (Å²) in [5, 5.41) is 0. The molecule has 25 heavy (non-hydrogen) atoms. The third kappa shape index (κ3) is 3.20. The van der Waals surface area contributed by atoms with Crippen molar-refractivity contribution >= 4 is 5.91 Å². The van der Waals surface area contributed by atoms with Gasteiger partial charge in [0.05, 0.1) is 6.04 Å². The molecule has 1 heterocycles. The van der Waals surface area contributed by atoms with Crippen LogP contribution in [0.25, 0.3) is 0 Å². The minimum absolute atomic E-state index is 0.0834. The van der Waals surface area contributed by atoms with Crippen molar-refractivity contribution in [3.8, 4) is 0 Å². The van der Waals surface area contributed by atoms with Gasteiger partial charge in [-0.25, -0.2) is 0 Å². The van der Waals surface area contributed by atoms with Gasteiger partial charge in [-0.3, -0.25) is 4.79 Å². The number of benzene rings is 3. The van der Waals surface area contributed by atoms with E-state index in [1.807, 2.05) is 41.3 Å². The minimum atomic E-state index is 0.0834. The van der Waals surface area contributed by atoms with Crippen LogP contribution in [0.2, 0.25) is 0 Å². The van der Waals surface area contributed by atoms with Crippen molar-refractivity contribution in [2.45, 2.75) is 18.9 Å². The second kappa shape index (κ2) is 6.94. The monoisotopic (exact) mass is 327 g/mol. The Hall–Kier alpha value is -2.87. The summed E-state index contributed by atoms with van der Waals surface area (Å²) >= 11 is 0. The Morgan fingerprint density at radius 1 is 0.840 bits per heavy atom. The van der Waals surface area contributed by atoms with Crippen molar-refractivity contribution in [2.24, 2.45) is 0 Å². The molecule has 0 bridgehead atoms. The Morgan fingerprint density at radius 3 is 2.24 bits per heavy atom. The molecule has 0 N–H and O–H groups in total. The maximum atomic E-state index is 13.1. The summed E-state index contributed by atoms with van der Waals surface area (Å²) in [6.07, 6.45) is 1.76. The van der Waals surface area contributed by atoms with Gasteiger partial charge in [0, 0.05) is 12.1 Å². The van der Waals surface area contributed by atoms with E-state index in [9.17, 15) is 4.79 Å². The number of carbonyl (C=O) groups is 1. The number of rotatable bonds is 3. The molecule has 1 atom stereocenters. The van der Waals surface area contributed by atoms with Crippen LogP contribution in [0.1, 0.15) is 33.1 Å². The highest BCUT2D eigenvalue weighted by Gasteiger charge is 2.31. The lowest BCUT2D eigenvalue weighted by molar-refractivity contribution is 0.0660. The van der Waals surface area contributed by atoms with E-state index in [1.165, 1.54) is 16.7 Å². The third-order valence-electron chi connectivity index (χ3n) is 4.97. The maximum absolute atomic E-state index is 13.1. The molecule has 0 aromatic heterocycles. The van der Waals surface area contributed by atoms with Crippen molar-refractivity contribution in [1.29, 1.82) is 0 Å². The van der Waals surface area contributed by atoms with E-state index in [-0.39, 0.29) is 11.9 Å². The second-order valence-corrected chi connectivity index (χ2v) is 6.52. The molecule has 0 fully saturated rings. The summed E-state index contributed by atoms with van der Waals surface area (Å²) in [4.78, 5) is 15.2. The number of hydrogen-bond acceptors (Lipinski definition) is 1. The van der Waals surface area contributed by atoms with Crippen LogP contribution >= 0.6 is 0 Å². The van der Waals surface area contributed by atoms with E-state index in [4.69, 9.17) is 0 Å². The Labute approximate surface area is 148 Å². The van der Waals surface area contributed by atoms with Gasteiger partial charge in [0.15, 0.2) is 0 Å². The molecule has 1 aliphatic rings. The van der Waals surface area contributed by atoms with Crippen molar-refractivity contribution in [1.82, 2.24) is 4.90 Å². The molecule has 0 radical (unpaired) electrons. The van der Waals surface area contributed by atoms with Crippen LogP contribution in [0.4, 0.5) is 0 Å². The molecule has 1 amide bonds. The lowest BCUT2D eigenvalue weighted by Gasteiger charge is -2.37. The number of fused-ring (bicyclic) bond motifs is 1. The van der Waals surface area contributed by atoms with E-state index >= 15 is 0 Å². The molecule has 0 spiro atoms. The van der Waals surface area contributed by atoms with Gasteiger partial charge in [-0.2, -0.15) is 0 Å². The first-order chi connectivity index (χ1) is 12.3. The number of hydrogen-bond donors (Lipinski definition) is 0. The Balaban J connectivity index is 1.71. The molecule has 1 aliphatic heterocycles. The Morgan fingerprint density at radius 2 is 1.48 bits per heavy atom. The standard InChI is InChI=1S/C23H21NO/c25-23(20-12-5-2-6-13-20)24-16-15-19-11-7-8-14-21(19)22(24)17-18-9-3-1-4-10-18/h1-14,22H,15-17H2. The molecular formula is C23H21NO. The fourth-order valence-corrected chi connectivity index (χ4v) is 3.70. The molecule has 124 valence electrons. The van der Waals surface area contributed by atoms with Gasteiger partial charge in [-0.05, 0) is 41.7 Å². The Bertz CT molecular complexity index is 858.